The molecule has 1 heterocycles. The van der Waals surface area contributed by atoms with Gasteiger partial charge in [0.1, 0.15) is 9.84 Å². The SMILES string of the molecule is Nc1ccc(NC2CCS(=O)(=O)CC2)cc1. The standard InChI is InChI=1S/C11H16N2O2S/c12-9-1-3-10(4-2-9)13-11-5-7-16(14,15)8-6-11/h1-4,11,13H,5-8,12H2. The molecule has 0 atom stereocenters. The zero-order chi connectivity index (χ0) is 11.6. The van der Waals surface area contributed by atoms with E-state index in [2.05, 4.69) is 5.32 Å². The number of nitrogen functional groups attached to an aromatic ring is 1. The third kappa shape index (κ3) is 2.88. The van der Waals surface area contributed by atoms with Gasteiger partial charge in [0, 0.05) is 17.4 Å². The highest BCUT2D eigenvalue weighted by Gasteiger charge is 2.23. The van der Waals surface area contributed by atoms with Crippen LogP contribution in [0.2, 0.25) is 0 Å². The second-order valence-corrected chi connectivity index (χ2v) is 6.50. The van der Waals surface area contributed by atoms with Crippen molar-refractivity contribution in [2.24, 2.45) is 0 Å². The Bertz CT molecular complexity index is 439. The Kier molecular flexibility index (Phi) is 3.05. The molecule has 0 bridgehead atoms. The van der Waals surface area contributed by atoms with Crippen molar-refractivity contribution in [3.05, 3.63) is 24.3 Å². The molecule has 1 aromatic carbocycles. The minimum absolute atomic E-state index is 0.257. The van der Waals surface area contributed by atoms with Crippen molar-refractivity contribution in [1.29, 1.82) is 0 Å². The lowest BCUT2D eigenvalue weighted by Crippen LogP contribution is -2.32. The molecule has 1 fully saturated rings. The fourth-order valence-corrected chi connectivity index (χ4v) is 3.34. The Morgan fingerprint density at radius 1 is 1.12 bits per heavy atom. The summed E-state index contributed by atoms with van der Waals surface area (Å²) in [6, 6.07) is 7.76. The molecule has 3 N–H and O–H groups in total. The quantitative estimate of drug-likeness (QED) is 0.763. The Balaban J connectivity index is 1.94. The molecule has 0 amide bonds. The number of anilines is 2. The van der Waals surface area contributed by atoms with Crippen LogP contribution in [0.1, 0.15) is 12.8 Å². The van der Waals surface area contributed by atoms with Crippen molar-refractivity contribution >= 4 is 21.2 Å². The van der Waals surface area contributed by atoms with Crippen LogP contribution in [0.5, 0.6) is 0 Å². The lowest BCUT2D eigenvalue weighted by Gasteiger charge is -2.24. The summed E-state index contributed by atoms with van der Waals surface area (Å²) in [5.41, 5.74) is 7.32. The number of nitrogens with two attached hydrogens (primary N) is 1. The summed E-state index contributed by atoms with van der Waals surface area (Å²) < 4.78 is 22.5. The maximum Gasteiger partial charge on any atom is 0.150 e. The van der Waals surface area contributed by atoms with E-state index in [1.165, 1.54) is 0 Å². The van der Waals surface area contributed by atoms with Gasteiger partial charge >= 0.3 is 0 Å². The summed E-state index contributed by atoms with van der Waals surface area (Å²) in [6.45, 7) is 0. The van der Waals surface area contributed by atoms with Gasteiger partial charge in [-0.15, -0.1) is 0 Å². The Morgan fingerprint density at radius 2 is 1.69 bits per heavy atom. The normalized spacial score (nSPS) is 20.5. The molecule has 88 valence electrons. The van der Waals surface area contributed by atoms with E-state index in [1.54, 1.807) is 0 Å². The van der Waals surface area contributed by atoms with Gasteiger partial charge in [0.25, 0.3) is 0 Å². The number of rotatable bonds is 2. The summed E-state index contributed by atoms with van der Waals surface area (Å²) in [5, 5.41) is 3.33. The van der Waals surface area contributed by atoms with Crippen molar-refractivity contribution in [2.45, 2.75) is 18.9 Å². The van der Waals surface area contributed by atoms with E-state index in [1.807, 2.05) is 24.3 Å². The highest BCUT2D eigenvalue weighted by molar-refractivity contribution is 7.91. The van der Waals surface area contributed by atoms with Crippen LogP contribution in [-0.4, -0.2) is 26.0 Å². The molecule has 16 heavy (non-hydrogen) atoms. The van der Waals surface area contributed by atoms with E-state index < -0.39 is 9.84 Å². The molecular weight excluding hydrogens is 224 g/mol. The summed E-state index contributed by atoms with van der Waals surface area (Å²) in [4.78, 5) is 0. The van der Waals surface area contributed by atoms with Crippen molar-refractivity contribution in [1.82, 2.24) is 0 Å². The molecule has 0 aromatic heterocycles. The minimum atomic E-state index is -2.77. The first-order valence-electron chi connectivity index (χ1n) is 5.38. The smallest absolute Gasteiger partial charge is 0.150 e. The molecule has 0 unspecified atom stereocenters. The van der Waals surface area contributed by atoms with Gasteiger partial charge in [-0.05, 0) is 37.1 Å². The predicted octanol–water partition coefficient (Wildman–Crippen LogP) is 1.26. The number of hydrogen-bond acceptors (Lipinski definition) is 4. The van der Waals surface area contributed by atoms with Crippen LogP contribution in [0, 0.1) is 0 Å². The number of nitrogens with one attached hydrogen (secondary N) is 1. The summed E-state index contributed by atoms with van der Waals surface area (Å²) in [7, 11) is -2.77. The average molecular weight is 240 g/mol. The van der Waals surface area contributed by atoms with E-state index in [-0.39, 0.29) is 6.04 Å². The lowest BCUT2D eigenvalue weighted by molar-refractivity contribution is 0.559. The highest BCUT2D eigenvalue weighted by Crippen LogP contribution is 2.18. The molecule has 1 aliphatic rings. The van der Waals surface area contributed by atoms with Gasteiger partial charge in [-0.3, -0.25) is 0 Å². The topological polar surface area (TPSA) is 72.2 Å². The molecule has 0 saturated carbocycles. The minimum Gasteiger partial charge on any atom is -0.399 e. The number of benzene rings is 1. The first-order valence-corrected chi connectivity index (χ1v) is 7.20. The van der Waals surface area contributed by atoms with Crippen LogP contribution in [0.25, 0.3) is 0 Å². The number of sulfone groups is 1. The van der Waals surface area contributed by atoms with Crippen LogP contribution in [-0.2, 0) is 9.84 Å². The Hall–Kier alpha value is -1.23. The fraction of sp³-hybridized carbons (Fsp3) is 0.455. The third-order valence-corrected chi connectivity index (χ3v) is 4.55. The summed E-state index contributed by atoms with van der Waals surface area (Å²) in [5.74, 6) is 0.583. The maximum absolute atomic E-state index is 11.2. The molecule has 0 radical (unpaired) electrons. The van der Waals surface area contributed by atoms with E-state index in [0.717, 1.165) is 11.4 Å². The largest absolute Gasteiger partial charge is 0.399 e. The van der Waals surface area contributed by atoms with Gasteiger partial charge in [0.15, 0.2) is 0 Å². The van der Waals surface area contributed by atoms with Gasteiger partial charge in [-0.2, -0.15) is 0 Å². The molecule has 1 aromatic rings. The van der Waals surface area contributed by atoms with Gasteiger partial charge < -0.3 is 11.1 Å². The highest BCUT2D eigenvalue weighted by atomic mass is 32.2. The number of hydrogen-bond donors (Lipinski definition) is 2. The molecule has 0 spiro atoms. The van der Waals surface area contributed by atoms with Gasteiger partial charge in [0.05, 0.1) is 11.5 Å². The average Bonchev–Trinajstić information content (AvgIpc) is 2.24. The first-order chi connectivity index (χ1) is 7.55. The zero-order valence-electron chi connectivity index (χ0n) is 9.02. The Morgan fingerprint density at radius 3 is 2.25 bits per heavy atom. The molecule has 5 heteroatoms. The van der Waals surface area contributed by atoms with Crippen molar-refractivity contribution in [3.8, 4) is 0 Å². The second kappa shape index (κ2) is 4.33. The van der Waals surface area contributed by atoms with Gasteiger partial charge in [-0.1, -0.05) is 0 Å². The van der Waals surface area contributed by atoms with E-state index in [4.69, 9.17) is 5.73 Å². The molecule has 1 aliphatic heterocycles. The van der Waals surface area contributed by atoms with Crippen molar-refractivity contribution < 1.29 is 8.42 Å². The van der Waals surface area contributed by atoms with Crippen LogP contribution in [0.4, 0.5) is 11.4 Å². The van der Waals surface area contributed by atoms with Gasteiger partial charge in [0.2, 0.25) is 0 Å². The van der Waals surface area contributed by atoms with E-state index >= 15 is 0 Å². The fourth-order valence-electron chi connectivity index (χ4n) is 1.85. The molecule has 1 saturated heterocycles. The Labute approximate surface area is 95.8 Å². The monoisotopic (exact) mass is 240 g/mol. The van der Waals surface area contributed by atoms with E-state index in [0.29, 0.717) is 24.3 Å². The first kappa shape index (κ1) is 11.3. The second-order valence-electron chi connectivity index (χ2n) is 4.19. The maximum atomic E-state index is 11.2. The zero-order valence-corrected chi connectivity index (χ0v) is 9.83. The third-order valence-electron chi connectivity index (χ3n) is 2.84. The van der Waals surface area contributed by atoms with Crippen LogP contribution in [0.15, 0.2) is 24.3 Å². The predicted molar refractivity (Wildman–Crippen MR) is 66.2 cm³/mol. The molecule has 0 aliphatic carbocycles. The van der Waals surface area contributed by atoms with Crippen LogP contribution in [0.3, 0.4) is 0 Å². The molecule has 2 rings (SSSR count). The van der Waals surface area contributed by atoms with Crippen LogP contribution >= 0.6 is 0 Å². The summed E-state index contributed by atoms with van der Waals surface area (Å²) in [6.07, 6.45) is 1.37. The van der Waals surface area contributed by atoms with Crippen molar-refractivity contribution in [3.63, 3.8) is 0 Å². The molecular formula is C11H16N2O2S. The summed E-state index contributed by atoms with van der Waals surface area (Å²) >= 11 is 0. The molecule has 4 nitrogen and oxygen atoms in total. The van der Waals surface area contributed by atoms with Crippen LogP contribution < -0.4 is 11.1 Å². The van der Waals surface area contributed by atoms with E-state index in [9.17, 15) is 8.42 Å². The lowest BCUT2D eigenvalue weighted by atomic mass is 10.1. The van der Waals surface area contributed by atoms with Gasteiger partial charge in [-0.25, -0.2) is 8.42 Å². The van der Waals surface area contributed by atoms with Crippen molar-refractivity contribution in [2.75, 3.05) is 22.6 Å².